The smallest absolute Gasteiger partial charge is 0.321 e. The second kappa shape index (κ2) is 8.43. The Morgan fingerprint density at radius 2 is 2.08 bits per heavy atom. The first-order valence-electron chi connectivity index (χ1n) is 8.02. The van der Waals surface area contributed by atoms with Gasteiger partial charge in [-0.2, -0.15) is 0 Å². The fourth-order valence-electron chi connectivity index (χ4n) is 2.89. The highest BCUT2D eigenvalue weighted by Crippen LogP contribution is 2.29. The van der Waals surface area contributed by atoms with Gasteiger partial charge in [-0.05, 0) is 18.9 Å². The molecule has 1 fully saturated rings. The van der Waals surface area contributed by atoms with Crippen LogP contribution in [0.1, 0.15) is 32.1 Å². The molecule has 0 bridgehead atoms. The fraction of sp³-hybridized carbons (Fsp3) is 0.500. The molecule has 1 saturated carbocycles. The van der Waals surface area contributed by atoms with Crippen LogP contribution < -0.4 is 15.4 Å². The van der Waals surface area contributed by atoms with Crippen molar-refractivity contribution >= 4 is 23.3 Å². The second-order valence-electron chi connectivity index (χ2n) is 5.93. The lowest BCUT2D eigenvalue weighted by Gasteiger charge is -2.19. The molecule has 9 heteroatoms. The van der Waals surface area contributed by atoms with Gasteiger partial charge in [-0.1, -0.05) is 12.8 Å². The number of amides is 1. The Bertz CT molecular complexity index is 657. The van der Waals surface area contributed by atoms with Crippen LogP contribution in [0.3, 0.4) is 0 Å². The number of rotatable bonds is 8. The monoisotopic (exact) mass is 351 g/mol. The third-order valence-electron chi connectivity index (χ3n) is 4.15. The highest BCUT2D eigenvalue weighted by Gasteiger charge is 2.26. The number of nitro benzene ring substituents is 1. The Morgan fingerprint density at radius 1 is 1.40 bits per heavy atom. The van der Waals surface area contributed by atoms with E-state index in [1.807, 2.05) is 0 Å². The van der Waals surface area contributed by atoms with E-state index in [9.17, 15) is 24.8 Å². The molecule has 0 spiro atoms. The number of benzene rings is 1. The standard InChI is InChI=1S/C16H21N3O6/c1-25-14-7-6-11(19(23)24)8-12(14)18-15(20)9-13(16(21)22)17-10-4-2-3-5-10/h6-8,10,13,17H,2-5,9H2,1H3,(H,18,20)(H,21,22). The first-order valence-corrected chi connectivity index (χ1v) is 8.02. The molecule has 0 aliphatic heterocycles. The molecule has 1 unspecified atom stereocenters. The molecule has 1 amide bonds. The minimum absolute atomic E-state index is 0.0984. The van der Waals surface area contributed by atoms with Crippen molar-refractivity contribution in [3.63, 3.8) is 0 Å². The van der Waals surface area contributed by atoms with Gasteiger partial charge >= 0.3 is 5.97 Å². The van der Waals surface area contributed by atoms with Gasteiger partial charge in [0.05, 0.1) is 24.1 Å². The van der Waals surface area contributed by atoms with Gasteiger partial charge in [0.1, 0.15) is 11.8 Å². The summed E-state index contributed by atoms with van der Waals surface area (Å²) in [4.78, 5) is 33.9. The summed E-state index contributed by atoms with van der Waals surface area (Å²) in [5.41, 5.74) is -0.0679. The van der Waals surface area contributed by atoms with E-state index in [0.29, 0.717) is 0 Å². The normalized spacial score (nSPS) is 15.6. The summed E-state index contributed by atoms with van der Waals surface area (Å²) in [6.07, 6.45) is 3.59. The molecule has 1 aliphatic carbocycles. The number of anilines is 1. The fourth-order valence-corrected chi connectivity index (χ4v) is 2.89. The number of nitrogens with one attached hydrogen (secondary N) is 2. The van der Waals surface area contributed by atoms with Crippen molar-refractivity contribution in [1.82, 2.24) is 5.32 Å². The van der Waals surface area contributed by atoms with Crippen molar-refractivity contribution in [3.05, 3.63) is 28.3 Å². The van der Waals surface area contributed by atoms with Gasteiger partial charge in [0, 0.05) is 18.2 Å². The number of hydrogen-bond acceptors (Lipinski definition) is 6. The van der Waals surface area contributed by atoms with Gasteiger partial charge in [-0.3, -0.25) is 19.7 Å². The second-order valence-corrected chi connectivity index (χ2v) is 5.93. The van der Waals surface area contributed by atoms with Crippen molar-refractivity contribution in [2.45, 2.75) is 44.2 Å². The van der Waals surface area contributed by atoms with E-state index in [-0.39, 0.29) is 29.6 Å². The van der Waals surface area contributed by atoms with Gasteiger partial charge in [-0.15, -0.1) is 0 Å². The van der Waals surface area contributed by atoms with Crippen LogP contribution in [-0.4, -0.2) is 41.1 Å². The third kappa shape index (κ3) is 5.15. The third-order valence-corrected chi connectivity index (χ3v) is 4.15. The topological polar surface area (TPSA) is 131 Å². The first-order chi connectivity index (χ1) is 11.9. The van der Waals surface area contributed by atoms with Crippen molar-refractivity contribution in [2.24, 2.45) is 0 Å². The molecule has 0 heterocycles. The highest BCUT2D eigenvalue weighted by molar-refractivity contribution is 5.95. The molecular weight excluding hydrogens is 330 g/mol. The van der Waals surface area contributed by atoms with Crippen LogP contribution in [0.15, 0.2) is 18.2 Å². The first kappa shape index (κ1) is 18.7. The zero-order chi connectivity index (χ0) is 18.4. The molecule has 9 nitrogen and oxygen atoms in total. The maximum atomic E-state index is 12.2. The van der Waals surface area contributed by atoms with Crippen molar-refractivity contribution in [1.29, 1.82) is 0 Å². The molecule has 1 aromatic carbocycles. The van der Waals surface area contributed by atoms with Crippen LogP contribution in [-0.2, 0) is 9.59 Å². The average molecular weight is 351 g/mol. The van der Waals surface area contributed by atoms with Crippen molar-refractivity contribution in [2.75, 3.05) is 12.4 Å². The van der Waals surface area contributed by atoms with E-state index in [1.165, 1.54) is 25.3 Å². The molecular formula is C16H21N3O6. The molecule has 25 heavy (non-hydrogen) atoms. The predicted molar refractivity (Wildman–Crippen MR) is 89.7 cm³/mol. The summed E-state index contributed by atoms with van der Waals surface area (Å²) < 4.78 is 5.07. The lowest BCUT2D eigenvalue weighted by molar-refractivity contribution is -0.384. The summed E-state index contributed by atoms with van der Waals surface area (Å²) in [7, 11) is 1.37. The average Bonchev–Trinajstić information content (AvgIpc) is 3.07. The Balaban J connectivity index is 2.05. The number of carboxylic acids is 1. The zero-order valence-electron chi connectivity index (χ0n) is 13.9. The van der Waals surface area contributed by atoms with Gasteiger partial charge in [0.15, 0.2) is 0 Å². The van der Waals surface area contributed by atoms with Crippen LogP contribution in [0.5, 0.6) is 5.75 Å². The number of carbonyl (C=O) groups is 2. The molecule has 2 rings (SSSR count). The minimum Gasteiger partial charge on any atom is -0.495 e. The van der Waals surface area contributed by atoms with E-state index in [2.05, 4.69) is 10.6 Å². The molecule has 1 aliphatic rings. The number of ether oxygens (including phenoxy) is 1. The van der Waals surface area contributed by atoms with Gasteiger partial charge in [0.2, 0.25) is 5.91 Å². The largest absolute Gasteiger partial charge is 0.495 e. The van der Waals surface area contributed by atoms with E-state index in [4.69, 9.17) is 4.74 Å². The van der Waals surface area contributed by atoms with E-state index in [1.54, 1.807) is 0 Å². The molecule has 1 atom stereocenters. The number of non-ortho nitro benzene ring substituents is 1. The quantitative estimate of drug-likeness (QED) is 0.481. The zero-order valence-corrected chi connectivity index (χ0v) is 13.9. The summed E-state index contributed by atoms with van der Waals surface area (Å²) in [6.45, 7) is 0. The number of hydrogen-bond donors (Lipinski definition) is 3. The molecule has 136 valence electrons. The predicted octanol–water partition coefficient (Wildman–Crippen LogP) is 1.92. The van der Waals surface area contributed by atoms with E-state index in [0.717, 1.165) is 25.7 Å². The maximum absolute atomic E-state index is 12.2. The van der Waals surface area contributed by atoms with E-state index >= 15 is 0 Å². The van der Waals surface area contributed by atoms with Gasteiger partial charge < -0.3 is 20.5 Å². The summed E-state index contributed by atoms with van der Waals surface area (Å²) in [5, 5.41) is 25.7. The molecule has 3 N–H and O–H groups in total. The SMILES string of the molecule is COc1ccc([N+](=O)[O-])cc1NC(=O)CC(NC1CCCC1)C(=O)O. The Labute approximate surface area is 144 Å². The van der Waals surface area contributed by atoms with E-state index < -0.39 is 22.8 Å². The molecule has 0 radical (unpaired) electrons. The number of aliphatic carboxylic acids is 1. The molecule has 0 aromatic heterocycles. The summed E-state index contributed by atoms with van der Waals surface area (Å²) in [6, 6.07) is 2.90. The summed E-state index contributed by atoms with van der Waals surface area (Å²) in [5.74, 6) is -1.40. The highest BCUT2D eigenvalue weighted by atomic mass is 16.6. The van der Waals surface area contributed by atoms with Crippen molar-refractivity contribution in [3.8, 4) is 5.75 Å². The maximum Gasteiger partial charge on any atom is 0.321 e. The number of nitro groups is 1. The number of carbonyl (C=O) groups excluding carboxylic acids is 1. The Kier molecular flexibility index (Phi) is 6.29. The van der Waals surface area contributed by atoms with Crippen LogP contribution in [0.25, 0.3) is 0 Å². The van der Waals surface area contributed by atoms with Crippen LogP contribution >= 0.6 is 0 Å². The Hall–Kier alpha value is -2.68. The van der Waals surface area contributed by atoms with Crippen LogP contribution in [0, 0.1) is 10.1 Å². The van der Waals surface area contributed by atoms with Crippen LogP contribution in [0.2, 0.25) is 0 Å². The number of nitrogens with zero attached hydrogens (tertiary/aromatic N) is 1. The lowest BCUT2D eigenvalue weighted by atomic mass is 10.1. The lowest BCUT2D eigenvalue weighted by Crippen LogP contribution is -2.44. The number of methoxy groups -OCH3 is 1. The minimum atomic E-state index is -1.10. The van der Waals surface area contributed by atoms with Gasteiger partial charge in [-0.25, -0.2) is 0 Å². The summed E-state index contributed by atoms with van der Waals surface area (Å²) >= 11 is 0. The Morgan fingerprint density at radius 3 is 2.64 bits per heavy atom. The molecule has 0 saturated heterocycles. The molecule has 1 aromatic rings. The van der Waals surface area contributed by atoms with Gasteiger partial charge in [0.25, 0.3) is 5.69 Å². The van der Waals surface area contributed by atoms with Crippen molar-refractivity contribution < 1.29 is 24.4 Å². The van der Waals surface area contributed by atoms with Crippen LogP contribution in [0.4, 0.5) is 11.4 Å². The number of carboxylic acid groups (broad SMARTS) is 1.